The summed E-state index contributed by atoms with van der Waals surface area (Å²) in [5, 5.41) is 8.94. The molecule has 1 amide bonds. The number of carbonyl (C=O) groups is 2. The zero-order valence-corrected chi connectivity index (χ0v) is 15.5. The van der Waals surface area contributed by atoms with Crippen LogP contribution in [0.2, 0.25) is 0 Å². The van der Waals surface area contributed by atoms with E-state index in [0.717, 1.165) is 0 Å². The standard InChI is InChI=1S/C16H14F6N2O3S/c1-14(2,3)27-13(26)11(7-23)12(25)24-28-10-5-8(15(17,18)19)4-9(6-10)16(20,21)22/h4-6,11H,1-3H3,(H,24,25). The lowest BCUT2D eigenvalue weighted by atomic mass is 10.1. The van der Waals surface area contributed by atoms with Crippen LogP contribution in [0.5, 0.6) is 0 Å². The minimum absolute atomic E-state index is 0.0648. The zero-order chi connectivity index (χ0) is 21.9. The van der Waals surface area contributed by atoms with E-state index in [0.29, 0.717) is 12.1 Å². The summed E-state index contributed by atoms with van der Waals surface area (Å²) >= 11 is 0.110. The van der Waals surface area contributed by atoms with Crippen molar-refractivity contribution in [3.8, 4) is 6.07 Å². The Morgan fingerprint density at radius 1 is 1.04 bits per heavy atom. The average molecular weight is 428 g/mol. The molecule has 0 heterocycles. The van der Waals surface area contributed by atoms with Gasteiger partial charge < -0.3 is 4.74 Å². The molecule has 0 saturated carbocycles. The average Bonchev–Trinajstić information content (AvgIpc) is 2.50. The van der Waals surface area contributed by atoms with Gasteiger partial charge in [-0.25, -0.2) is 0 Å². The van der Waals surface area contributed by atoms with E-state index in [1.807, 2.05) is 4.72 Å². The van der Waals surface area contributed by atoms with Crippen molar-refractivity contribution in [2.24, 2.45) is 5.92 Å². The maximum absolute atomic E-state index is 12.8. The Balaban J connectivity index is 3.03. The predicted octanol–water partition coefficient (Wildman–Crippen LogP) is 4.33. The van der Waals surface area contributed by atoms with E-state index in [1.165, 1.54) is 26.8 Å². The number of rotatable bonds is 4. The maximum atomic E-state index is 12.8. The van der Waals surface area contributed by atoms with E-state index >= 15 is 0 Å². The van der Waals surface area contributed by atoms with Crippen LogP contribution in [0, 0.1) is 17.2 Å². The molecular weight excluding hydrogens is 414 g/mol. The van der Waals surface area contributed by atoms with Crippen LogP contribution in [0.1, 0.15) is 31.9 Å². The van der Waals surface area contributed by atoms with E-state index in [-0.39, 0.29) is 18.0 Å². The van der Waals surface area contributed by atoms with Crippen LogP contribution in [-0.2, 0) is 26.7 Å². The summed E-state index contributed by atoms with van der Waals surface area (Å²) in [5.41, 5.74) is -4.14. The Kier molecular flexibility index (Phi) is 7.00. The Morgan fingerprint density at radius 3 is 1.86 bits per heavy atom. The lowest BCUT2D eigenvalue weighted by Crippen LogP contribution is -2.36. The highest BCUT2D eigenvalue weighted by Gasteiger charge is 2.37. The topological polar surface area (TPSA) is 79.2 Å². The van der Waals surface area contributed by atoms with Crippen molar-refractivity contribution in [1.29, 1.82) is 5.26 Å². The van der Waals surface area contributed by atoms with Crippen LogP contribution < -0.4 is 4.72 Å². The fourth-order valence-electron chi connectivity index (χ4n) is 1.73. The third-order valence-electron chi connectivity index (χ3n) is 2.86. The molecule has 1 unspecified atom stereocenters. The number of hydrogen-bond donors (Lipinski definition) is 1. The number of nitrogens with one attached hydrogen (secondary N) is 1. The molecule has 0 radical (unpaired) electrons. The van der Waals surface area contributed by atoms with Gasteiger partial charge in [0.15, 0.2) is 0 Å². The van der Waals surface area contributed by atoms with Gasteiger partial charge in [-0.3, -0.25) is 14.3 Å². The number of carbonyl (C=O) groups excluding carboxylic acids is 2. The summed E-state index contributed by atoms with van der Waals surface area (Å²) in [5.74, 6) is -4.39. The molecule has 5 nitrogen and oxygen atoms in total. The number of benzene rings is 1. The van der Waals surface area contributed by atoms with Crippen LogP contribution in [0.3, 0.4) is 0 Å². The zero-order valence-electron chi connectivity index (χ0n) is 14.7. The van der Waals surface area contributed by atoms with E-state index in [1.54, 1.807) is 0 Å². The SMILES string of the molecule is CC(C)(C)OC(=O)C(C#N)C(=O)NSc1cc(C(F)(F)F)cc(C(F)(F)F)c1. The van der Waals surface area contributed by atoms with Gasteiger partial charge in [-0.15, -0.1) is 0 Å². The van der Waals surface area contributed by atoms with Crippen molar-refractivity contribution < 1.29 is 40.7 Å². The molecule has 0 aliphatic heterocycles. The highest BCUT2D eigenvalue weighted by atomic mass is 32.2. The number of alkyl halides is 6. The van der Waals surface area contributed by atoms with Gasteiger partial charge in [0, 0.05) is 4.90 Å². The predicted molar refractivity (Wildman–Crippen MR) is 85.4 cm³/mol. The lowest BCUT2D eigenvalue weighted by Gasteiger charge is -2.21. The molecule has 1 rings (SSSR count). The molecule has 28 heavy (non-hydrogen) atoms. The highest BCUT2D eigenvalue weighted by molar-refractivity contribution is 7.98. The van der Waals surface area contributed by atoms with Gasteiger partial charge in [0.2, 0.25) is 5.92 Å². The highest BCUT2D eigenvalue weighted by Crippen LogP contribution is 2.38. The molecule has 1 atom stereocenters. The van der Waals surface area contributed by atoms with E-state index in [9.17, 15) is 35.9 Å². The first-order chi connectivity index (χ1) is 12.5. The van der Waals surface area contributed by atoms with Gasteiger partial charge >= 0.3 is 18.3 Å². The van der Waals surface area contributed by atoms with Crippen molar-refractivity contribution in [2.45, 2.75) is 43.6 Å². The molecular formula is C16H14F6N2O3S. The molecule has 0 spiro atoms. The summed E-state index contributed by atoms with van der Waals surface area (Å²) in [7, 11) is 0. The number of amides is 1. The normalized spacial score (nSPS) is 13.4. The number of halogens is 6. The van der Waals surface area contributed by atoms with Crippen LogP contribution >= 0.6 is 11.9 Å². The molecule has 154 valence electrons. The Labute approximate surface area is 160 Å². The van der Waals surface area contributed by atoms with Gasteiger partial charge in [-0.1, -0.05) is 0 Å². The first-order valence-electron chi connectivity index (χ1n) is 7.43. The quantitative estimate of drug-likeness (QED) is 0.334. The molecule has 0 aliphatic rings. The van der Waals surface area contributed by atoms with Crippen LogP contribution in [0.4, 0.5) is 26.3 Å². The molecule has 0 aromatic heterocycles. The summed E-state index contributed by atoms with van der Waals surface area (Å²) in [6, 6.07) is 2.10. The third-order valence-corrected chi connectivity index (χ3v) is 3.64. The lowest BCUT2D eigenvalue weighted by molar-refractivity contribution is -0.159. The van der Waals surface area contributed by atoms with Gasteiger partial charge in [-0.05, 0) is 50.9 Å². The molecule has 0 bridgehead atoms. The maximum Gasteiger partial charge on any atom is 0.416 e. The number of nitriles is 1. The Hall–Kier alpha value is -2.42. The van der Waals surface area contributed by atoms with Crippen LogP contribution in [-0.4, -0.2) is 17.5 Å². The van der Waals surface area contributed by atoms with Crippen LogP contribution in [0.25, 0.3) is 0 Å². The fourth-order valence-corrected chi connectivity index (χ4v) is 2.44. The molecule has 1 N–H and O–H groups in total. The van der Waals surface area contributed by atoms with Crippen molar-refractivity contribution >= 4 is 23.8 Å². The van der Waals surface area contributed by atoms with Gasteiger partial charge in [0.1, 0.15) is 5.60 Å². The second kappa shape index (κ2) is 8.30. The van der Waals surface area contributed by atoms with E-state index < -0.39 is 51.8 Å². The van der Waals surface area contributed by atoms with E-state index in [4.69, 9.17) is 10.00 Å². The van der Waals surface area contributed by atoms with Crippen molar-refractivity contribution in [3.63, 3.8) is 0 Å². The summed E-state index contributed by atoms with van der Waals surface area (Å²) in [6.07, 6.45) is -10.1. The molecule has 1 aromatic carbocycles. The minimum atomic E-state index is -5.05. The number of esters is 1. The van der Waals surface area contributed by atoms with Gasteiger partial charge in [0.05, 0.1) is 17.2 Å². The third kappa shape index (κ3) is 6.95. The number of ether oxygens (including phenoxy) is 1. The van der Waals surface area contributed by atoms with Crippen LogP contribution in [0.15, 0.2) is 23.1 Å². The number of hydrogen-bond acceptors (Lipinski definition) is 5. The van der Waals surface area contributed by atoms with Gasteiger partial charge in [0.25, 0.3) is 5.91 Å². The molecule has 1 aromatic rings. The van der Waals surface area contributed by atoms with Crippen molar-refractivity contribution in [2.75, 3.05) is 0 Å². The first-order valence-corrected chi connectivity index (χ1v) is 8.25. The second-order valence-electron chi connectivity index (χ2n) is 6.41. The minimum Gasteiger partial charge on any atom is -0.459 e. The molecule has 12 heteroatoms. The largest absolute Gasteiger partial charge is 0.459 e. The Bertz CT molecular complexity index is 761. The summed E-state index contributed by atoms with van der Waals surface area (Å²) in [6.45, 7) is 4.44. The molecule has 0 fully saturated rings. The van der Waals surface area contributed by atoms with Gasteiger partial charge in [-0.2, -0.15) is 31.6 Å². The molecule has 0 saturated heterocycles. The molecule has 0 aliphatic carbocycles. The Morgan fingerprint density at radius 2 is 1.50 bits per heavy atom. The fraction of sp³-hybridized carbons (Fsp3) is 0.438. The smallest absolute Gasteiger partial charge is 0.416 e. The summed E-state index contributed by atoms with van der Waals surface area (Å²) < 4.78 is 83.6. The second-order valence-corrected chi connectivity index (χ2v) is 7.29. The monoisotopic (exact) mass is 428 g/mol. The summed E-state index contributed by atoms with van der Waals surface area (Å²) in [4.78, 5) is 23.2. The van der Waals surface area contributed by atoms with Crippen molar-refractivity contribution in [1.82, 2.24) is 4.72 Å². The van der Waals surface area contributed by atoms with Crippen molar-refractivity contribution in [3.05, 3.63) is 29.3 Å². The number of nitrogens with zero attached hydrogens (tertiary/aromatic N) is 1. The first kappa shape index (κ1) is 23.6. The van der Waals surface area contributed by atoms with E-state index in [2.05, 4.69) is 0 Å².